The van der Waals surface area contributed by atoms with Gasteiger partial charge in [-0.2, -0.15) is 0 Å². The Bertz CT molecular complexity index is 641. The first-order valence-corrected chi connectivity index (χ1v) is 7.73. The zero-order valence-electron chi connectivity index (χ0n) is 13.8. The van der Waals surface area contributed by atoms with Crippen LogP contribution in [0.25, 0.3) is 11.0 Å². The van der Waals surface area contributed by atoms with E-state index in [9.17, 15) is 4.79 Å². The normalized spacial score (nSPS) is 11.8. The average Bonchev–Trinajstić information content (AvgIpc) is 2.82. The Morgan fingerprint density at radius 3 is 2.73 bits per heavy atom. The number of ether oxygens (including phenoxy) is 1. The third-order valence-electron chi connectivity index (χ3n) is 3.49. The number of rotatable bonds is 6. The standard InChI is InChI=1S/C17H25N3O2/c1-5-22-11-10-20-14-9-7-6-8-13(14)19-15(20)12-18-16(21)17(2,3)4/h6-9H,5,10-12H2,1-4H3,(H,18,21). The van der Waals surface area contributed by atoms with Gasteiger partial charge in [0.25, 0.3) is 0 Å². The topological polar surface area (TPSA) is 56.1 Å². The number of para-hydroxylation sites is 2. The minimum absolute atomic E-state index is 0.0240. The maximum Gasteiger partial charge on any atom is 0.225 e. The first-order valence-electron chi connectivity index (χ1n) is 7.73. The summed E-state index contributed by atoms with van der Waals surface area (Å²) in [4.78, 5) is 16.7. The van der Waals surface area contributed by atoms with Gasteiger partial charge in [0.1, 0.15) is 5.82 Å². The lowest BCUT2D eigenvalue weighted by Crippen LogP contribution is -2.35. The lowest BCUT2D eigenvalue weighted by Gasteiger charge is -2.18. The van der Waals surface area contributed by atoms with Crippen LogP contribution in [-0.4, -0.2) is 28.7 Å². The van der Waals surface area contributed by atoms with Crippen molar-refractivity contribution in [3.8, 4) is 0 Å². The Balaban J connectivity index is 2.20. The van der Waals surface area contributed by atoms with Gasteiger partial charge in [0.15, 0.2) is 0 Å². The fraction of sp³-hybridized carbons (Fsp3) is 0.529. The molecule has 22 heavy (non-hydrogen) atoms. The van der Waals surface area contributed by atoms with E-state index in [2.05, 4.69) is 14.9 Å². The van der Waals surface area contributed by atoms with Crippen molar-refractivity contribution in [3.05, 3.63) is 30.1 Å². The number of nitrogens with zero attached hydrogens (tertiary/aromatic N) is 2. The number of imidazole rings is 1. The molecule has 0 saturated carbocycles. The maximum absolute atomic E-state index is 12.1. The van der Waals surface area contributed by atoms with Crippen molar-refractivity contribution in [2.45, 2.75) is 40.8 Å². The van der Waals surface area contributed by atoms with E-state index >= 15 is 0 Å². The van der Waals surface area contributed by atoms with E-state index in [-0.39, 0.29) is 5.91 Å². The van der Waals surface area contributed by atoms with Gasteiger partial charge in [-0.15, -0.1) is 0 Å². The highest BCUT2D eigenvalue weighted by atomic mass is 16.5. The number of carbonyl (C=O) groups is 1. The second-order valence-electron chi connectivity index (χ2n) is 6.30. The molecule has 0 bridgehead atoms. The molecule has 0 atom stereocenters. The molecule has 1 aromatic heterocycles. The molecular weight excluding hydrogens is 278 g/mol. The number of aromatic nitrogens is 2. The summed E-state index contributed by atoms with van der Waals surface area (Å²) >= 11 is 0. The molecule has 0 radical (unpaired) electrons. The number of amides is 1. The van der Waals surface area contributed by atoms with Crippen LogP contribution in [-0.2, 0) is 22.6 Å². The van der Waals surface area contributed by atoms with Gasteiger partial charge >= 0.3 is 0 Å². The van der Waals surface area contributed by atoms with E-state index in [4.69, 9.17) is 4.74 Å². The fourth-order valence-electron chi connectivity index (χ4n) is 2.23. The highest BCUT2D eigenvalue weighted by Gasteiger charge is 2.21. The molecule has 1 N–H and O–H groups in total. The first-order chi connectivity index (χ1) is 10.4. The molecule has 0 unspecified atom stereocenters. The average molecular weight is 303 g/mol. The third-order valence-corrected chi connectivity index (χ3v) is 3.49. The van der Waals surface area contributed by atoms with E-state index in [0.29, 0.717) is 19.8 Å². The SMILES string of the molecule is CCOCCn1c(CNC(=O)C(C)(C)C)nc2ccccc21. The summed E-state index contributed by atoms with van der Waals surface area (Å²) in [6.45, 7) is 10.2. The summed E-state index contributed by atoms with van der Waals surface area (Å²) in [6.07, 6.45) is 0. The van der Waals surface area contributed by atoms with Gasteiger partial charge in [-0.25, -0.2) is 4.98 Å². The van der Waals surface area contributed by atoms with Crippen LogP contribution in [0.2, 0.25) is 0 Å². The van der Waals surface area contributed by atoms with Crippen LogP contribution in [0.3, 0.4) is 0 Å². The predicted molar refractivity (Wildman–Crippen MR) is 87.5 cm³/mol. The molecular formula is C17H25N3O2. The smallest absolute Gasteiger partial charge is 0.225 e. The van der Waals surface area contributed by atoms with E-state index in [0.717, 1.165) is 23.4 Å². The van der Waals surface area contributed by atoms with E-state index in [1.807, 2.05) is 52.0 Å². The minimum Gasteiger partial charge on any atom is -0.380 e. The van der Waals surface area contributed by atoms with Crippen molar-refractivity contribution < 1.29 is 9.53 Å². The van der Waals surface area contributed by atoms with Crippen LogP contribution in [0.15, 0.2) is 24.3 Å². The largest absolute Gasteiger partial charge is 0.380 e. The van der Waals surface area contributed by atoms with Crippen molar-refractivity contribution in [2.24, 2.45) is 5.41 Å². The Morgan fingerprint density at radius 1 is 1.32 bits per heavy atom. The van der Waals surface area contributed by atoms with Crippen LogP contribution in [0.5, 0.6) is 0 Å². The van der Waals surface area contributed by atoms with Crippen molar-refractivity contribution in [2.75, 3.05) is 13.2 Å². The number of carbonyl (C=O) groups excluding carboxylic acids is 1. The molecule has 1 heterocycles. The number of benzene rings is 1. The minimum atomic E-state index is -0.401. The molecule has 0 spiro atoms. The summed E-state index contributed by atoms with van der Waals surface area (Å²) in [5, 5.41) is 2.97. The van der Waals surface area contributed by atoms with Crippen LogP contribution in [0, 0.1) is 5.41 Å². The molecule has 2 rings (SSSR count). The molecule has 0 saturated heterocycles. The van der Waals surface area contributed by atoms with Gasteiger partial charge in [0.2, 0.25) is 5.91 Å². The van der Waals surface area contributed by atoms with Crippen molar-refractivity contribution in [1.82, 2.24) is 14.9 Å². The van der Waals surface area contributed by atoms with Gasteiger partial charge in [-0.1, -0.05) is 32.9 Å². The Labute approximate surface area is 131 Å². The zero-order valence-corrected chi connectivity index (χ0v) is 13.8. The predicted octanol–water partition coefficient (Wildman–Crippen LogP) is 2.74. The van der Waals surface area contributed by atoms with Crippen LogP contribution < -0.4 is 5.32 Å². The van der Waals surface area contributed by atoms with E-state index in [1.165, 1.54) is 0 Å². The highest BCUT2D eigenvalue weighted by molar-refractivity contribution is 5.81. The number of nitrogens with one attached hydrogen (secondary N) is 1. The van der Waals surface area contributed by atoms with Crippen molar-refractivity contribution >= 4 is 16.9 Å². The van der Waals surface area contributed by atoms with Gasteiger partial charge in [-0.3, -0.25) is 4.79 Å². The molecule has 1 aromatic carbocycles. The quantitative estimate of drug-likeness (QED) is 0.835. The molecule has 1 amide bonds. The molecule has 5 heteroatoms. The molecule has 0 fully saturated rings. The third kappa shape index (κ3) is 3.85. The summed E-state index contributed by atoms with van der Waals surface area (Å²) in [7, 11) is 0. The highest BCUT2D eigenvalue weighted by Crippen LogP contribution is 2.17. The van der Waals surface area contributed by atoms with Crippen LogP contribution in [0.4, 0.5) is 0 Å². The fourth-order valence-corrected chi connectivity index (χ4v) is 2.23. The van der Waals surface area contributed by atoms with Crippen molar-refractivity contribution in [1.29, 1.82) is 0 Å². The van der Waals surface area contributed by atoms with E-state index < -0.39 is 5.41 Å². The Morgan fingerprint density at radius 2 is 2.05 bits per heavy atom. The lowest BCUT2D eigenvalue weighted by atomic mass is 9.96. The summed E-state index contributed by atoms with van der Waals surface area (Å²) in [5.74, 6) is 0.884. The Hall–Kier alpha value is -1.88. The monoisotopic (exact) mass is 303 g/mol. The molecule has 0 aliphatic heterocycles. The summed E-state index contributed by atoms with van der Waals surface area (Å²) in [6, 6.07) is 8.00. The molecule has 5 nitrogen and oxygen atoms in total. The second-order valence-corrected chi connectivity index (χ2v) is 6.30. The number of hydrogen-bond donors (Lipinski definition) is 1. The molecule has 120 valence electrons. The maximum atomic E-state index is 12.1. The zero-order chi connectivity index (χ0) is 16.2. The molecule has 2 aromatic rings. The summed E-state index contributed by atoms with van der Waals surface area (Å²) in [5.41, 5.74) is 1.61. The van der Waals surface area contributed by atoms with Gasteiger partial charge in [-0.05, 0) is 19.1 Å². The Kier molecular flexibility index (Phi) is 5.19. The first kappa shape index (κ1) is 16.5. The summed E-state index contributed by atoms with van der Waals surface area (Å²) < 4.78 is 7.57. The molecule has 0 aliphatic rings. The number of fused-ring (bicyclic) bond motifs is 1. The molecule has 0 aliphatic carbocycles. The van der Waals surface area contributed by atoms with Gasteiger partial charge in [0.05, 0.1) is 24.2 Å². The number of hydrogen-bond acceptors (Lipinski definition) is 3. The van der Waals surface area contributed by atoms with E-state index in [1.54, 1.807) is 0 Å². The van der Waals surface area contributed by atoms with Crippen LogP contribution in [0.1, 0.15) is 33.5 Å². The van der Waals surface area contributed by atoms with Gasteiger partial charge < -0.3 is 14.6 Å². The lowest BCUT2D eigenvalue weighted by molar-refractivity contribution is -0.128. The van der Waals surface area contributed by atoms with Crippen LogP contribution >= 0.6 is 0 Å². The van der Waals surface area contributed by atoms with Gasteiger partial charge in [0, 0.05) is 18.6 Å². The van der Waals surface area contributed by atoms with Crippen molar-refractivity contribution in [3.63, 3.8) is 0 Å². The second kappa shape index (κ2) is 6.92.